The van der Waals surface area contributed by atoms with E-state index in [0.717, 1.165) is 0 Å². The standard InChI is InChI=1S/C4H8.2C2H5.Al/c1-4(2)3;2*1-2;/h1H2,2-3H3;2*1H2,2H3;. The van der Waals surface area contributed by atoms with Gasteiger partial charge in [0.05, 0.1) is 0 Å². The Hall–Kier alpha value is 0.532. The van der Waals surface area contributed by atoms with Gasteiger partial charge in [0.25, 0.3) is 14.1 Å². The summed E-state index contributed by atoms with van der Waals surface area (Å²) in [5.41, 5.74) is 0. The van der Waals surface area contributed by atoms with E-state index >= 15 is 0 Å². The van der Waals surface area contributed by atoms with Gasteiger partial charge in [-0.05, 0) is 0 Å². The lowest BCUT2D eigenvalue weighted by Gasteiger charge is -2.23. The molecule has 0 saturated carbocycles. The summed E-state index contributed by atoms with van der Waals surface area (Å²) in [7, 11) is 0. The molecule has 9 heavy (non-hydrogen) atoms. The van der Waals surface area contributed by atoms with Gasteiger partial charge in [0.2, 0.25) is 0 Å². The Bertz CT molecular complexity index is 67.1. The van der Waals surface area contributed by atoms with E-state index < -0.39 is 14.1 Å². The van der Waals surface area contributed by atoms with Crippen LogP contribution < -0.4 is 0 Å². The van der Waals surface area contributed by atoms with Gasteiger partial charge in [-0.1, -0.05) is 49.5 Å². The zero-order chi connectivity index (χ0) is 7.49. The first-order valence-electron chi connectivity index (χ1n) is 3.87. The molecule has 0 aliphatic heterocycles. The van der Waals surface area contributed by atoms with Gasteiger partial charge in [0.1, 0.15) is 0 Å². The SMILES string of the molecule is [CH2][C](C)(C)[Al]([CH2]C)[CH2]C. The van der Waals surface area contributed by atoms with Gasteiger partial charge in [0.15, 0.2) is 0 Å². The van der Waals surface area contributed by atoms with Crippen molar-refractivity contribution in [3.63, 3.8) is 0 Å². The first-order valence-corrected chi connectivity index (χ1v) is 6.08. The third kappa shape index (κ3) is 3.28. The van der Waals surface area contributed by atoms with E-state index in [2.05, 4.69) is 34.6 Å². The Kier molecular flexibility index (Phi) is 3.86. The summed E-state index contributed by atoms with van der Waals surface area (Å²) >= 11 is -0.492. The van der Waals surface area contributed by atoms with Crippen molar-refractivity contribution in [2.24, 2.45) is 0 Å². The third-order valence-electron chi connectivity index (χ3n) is 2.09. The molecule has 0 bridgehead atoms. The second kappa shape index (κ2) is 3.64. The molecule has 0 aromatic heterocycles. The second-order valence-corrected chi connectivity index (χ2v) is 8.09. The highest BCUT2D eigenvalue weighted by Gasteiger charge is 2.26. The Morgan fingerprint density at radius 1 is 1.22 bits per heavy atom. The molecule has 0 atom stereocenters. The summed E-state index contributed by atoms with van der Waals surface area (Å²) in [4.78, 5) is 0. The van der Waals surface area contributed by atoms with Crippen LogP contribution in [0.15, 0.2) is 0 Å². The number of hydrogen-bond acceptors (Lipinski definition) is 0. The summed E-state index contributed by atoms with van der Waals surface area (Å²) in [6.45, 7) is 13.3. The number of rotatable bonds is 3. The summed E-state index contributed by atoms with van der Waals surface area (Å²) in [6.07, 6.45) is 0. The smallest absolute Gasteiger partial charge is 0.0964 e. The lowest BCUT2D eigenvalue weighted by Crippen LogP contribution is -2.23. The molecule has 0 unspecified atom stereocenters. The average molecular weight is 141 g/mol. The van der Waals surface area contributed by atoms with Crippen molar-refractivity contribution in [1.29, 1.82) is 0 Å². The fourth-order valence-electron chi connectivity index (χ4n) is 1.39. The lowest BCUT2D eigenvalue weighted by molar-refractivity contribution is 0.809. The molecule has 53 valence electrons. The van der Waals surface area contributed by atoms with Gasteiger partial charge in [-0.2, -0.15) is 0 Å². The summed E-state index contributed by atoms with van der Waals surface area (Å²) in [5.74, 6) is 0. The van der Waals surface area contributed by atoms with Crippen LogP contribution in [-0.4, -0.2) is 14.1 Å². The molecule has 0 rings (SSSR count). The lowest BCUT2D eigenvalue weighted by atomic mass is 10.2. The van der Waals surface area contributed by atoms with Crippen molar-refractivity contribution >= 4 is 14.1 Å². The minimum Gasteiger partial charge on any atom is -0.0964 e. The highest BCUT2D eigenvalue weighted by atomic mass is 27.2. The average Bonchev–Trinajstić information content (AvgIpc) is 1.65. The first-order chi connectivity index (χ1) is 4.02. The van der Waals surface area contributed by atoms with Crippen molar-refractivity contribution < 1.29 is 0 Å². The van der Waals surface area contributed by atoms with Crippen LogP contribution in [-0.2, 0) is 0 Å². The van der Waals surface area contributed by atoms with Crippen LogP contribution in [0.2, 0.25) is 14.8 Å². The molecule has 0 amide bonds. The molecule has 0 aliphatic carbocycles. The van der Waals surface area contributed by atoms with Gasteiger partial charge in [0, 0.05) is 0 Å². The second-order valence-electron chi connectivity index (χ2n) is 3.50. The van der Waals surface area contributed by atoms with Gasteiger partial charge < -0.3 is 0 Å². The van der Waals surface area contributed by atoms with Crippen molar-refractivity contribution in [2.45, 2.75) is 42.5 Å². The van der Waals surface area contributed by atoms with Crippen LogP contribution in [0, 0.1) is 6.92 Å². The predicted octanol–water partition coefficient (Wildman–Crippen LogP) is 3.14. The molecule has 0 heterocycles. The Labute approximate surface area is 64.0 Å². The quantitative estimate of drug-likeness (QED) is 0.530. The van der Waals surface area contributed by atoms with E-state index in [0.29, 0.717) is 4.28 Å². The molecule has 0 saturated heterocycles. The van der Waals surface area contributed by atoms with Crippen molar-refractivity contribution in [3.05, 3.63) is 6.92 Å². The molecule has 0 aromatic rings. The minimum absolute atomic E-state index is 0.406. The molecule has 0 aliphatic rings. The third-order valence-corrected chi connectivity index (χ3v) is 6.27. The van der Waals surface area contributed by atoms with Crippen molar-refractivity contribution in [2.75, 3.05) is 0 Å². The van der Waals surface area contributed by atoms with Gasteiger partial charge in [-0.25, -0.2) is 0 Å². The van der Waals surface area contributed by atoms with E-state index in [9.17, 15) is 0 Å². The van der Waals surface area contributed by atoms with E-state index in [1.807, 2.05) is 0 Å². The van der Waals surface area contributed by atoms with Gasteiger partial charge in [-0.3, -0.25) is 0 Å². The Balaban J connectivity index is 3.79. The van der Waals surface area contributed by atoms with Gasteiger partial charge >= 0.3 is 0 Å². The first kappa shape index (κ1) is 9.53. The summed E-state index contributed by atoms with van der Waals surface area (Å²) < 4.78 is 0.406. The Morgan fingerprint density at radius 3 is 1.56 bits per heavy atom. The highest BCUT2D eigenvalue weighted by Crippen LogP contribution is 2.30. The van der Waals surface area contributed by atoms with Crippen LogP contribution in [0.4, 0.5) is 0 Å². The fourth-order valence-corrected chi connectivity index (χ4v) is 4.18. The van der Waals surface area contributed by atoms with Crippen LogP contribution in [0.3, 0.4) is 0 Å². The number of hydrogen-bond donors (Lipinski definition) is 0. The topological polar surface area (TPSA) is 0 Å². The Morgan fingerprint density at radius 2 is 1.56 bits per heavy atom. The van der Waals surface area contributed by atoms with E-state index in [4.69, 9.17) is 0 Å². The maximum absolute atomic E-state index is 4.17. The van der Waals surface area contributed by atoms with Crippen molar-refractivity contribution in [3.8, 4) is 0 Å². The molecule has 0 aromatic carbocycles. The monoisotopic (exact) mass is 141 g/mol. The zero-order valence-corrected chi connectivity index (χ0v) is 8.35. The largest absolute Gasteiger partial charge is 0.268 e. The molecule has 0 N–H and O–H groups in total. The van der Waals surface area contributed by atoms with E-state index in [1.54, 1.807) is 0 Å². The fraction of sp³-hybridized carbons (Fsp3) is 0.875. The molecule has 1 radical (unpaired) electrons. The molecule has 0 nitrogen and oxygen atoms in total. The van der Waals surface area contributed by atoms with Crippen LogP contribution in [0.25, 0.3) is 0 Å². The maximum atomic E-state index is 4.17. The maximum Gasteiger partial charge on any atom is 0.268 e. The zero-order valence-electron chi connectivity index (χ0n) is 7.20. The van der Waals surface area contributed by atoms with Crippen LogP contribution in [0.1, 0.15) is 27.7 Å². The normalized spacial score (nSPS) is 11.7. The predicted molar refractivity (Wildman–Crippen MR) is 46.1 cm³/mol. The van der Waals surface area contributed by atoms with Gasteiger partial charge in [-0.15, -0.1) is 0 Å². The summed E-state index contributed by atoms with van der Waals surface area (Å²) in [6, 6.07) is 0. The van der Waals surface area contributed by atoms with Crippen LogP contribution in [0.5, 0.6) is 0 Å². The molecule has 1 heteroatoms. The van der Waals surface area contributed by atoms with Crippen LogP contribution >= 0.6 is 0 Å². The van der Waals surface area contributed by atoms with E-state index in [-0.39, 0.29) is 0 Å². The minimum atomic E-state index is -0.492. The molecular weight excluding hydrogens is 123 g/mol. The highest BCUT2D eigenvalue weighted by molar-refractivity contribution is 6.62. The molecule has 0 fully saturated rings. The molecular formula is C8H18Al. The molecule has 0 spiro atoms. The summed E-state index contributed by atoms with van der Waals surface area (Å²) in [5, 5.41) is 2.79. The van der Waals surface area contributed by atoms with Crippen molar-refractivity contribution in [1.82, 2.24) is 0 Å². The van der Waals surface area contributed by atoms with E-state index in [1.165, 1.54) is 10.6 Å².